The molecule has 3 atom stereocenters. The molecule has 2 rings (SSSR count). The van der Waals surface area contributed by atoms with Crippen molar-refractivity contribution in [2.24, 2.45) is 0 Å². The fourth-order valence-corrected chi connectivity index (χ4v) is 2.01. The number of anilines is 1. The van der Waals surface area contributed by atoms with Gasteiger partial charge in [0.1, 0.15) is 24.0 Å². The number of aromatic nitrogens is 3. The van der Waals surface area contributed by atoms with Gasteiger partial charge in [-0.05, 0) is 12.1 Å². The molecule has 21 heavy (non-hydrogen) atoms. The molecule has 9 heteroatoms. The van der Waals surface area contributed by atoms with Gasteiger partial charge >= 0.3 is 0 Å². The molecule has 0 radical (unpaired) electrons. The first-order valence-electron chi connectivity index (χ1n) is 5.98. The molecule has 8 nitrogen and oxygen atoms in total. The molecule has 0 aliphatic rings. The Morgan fingerprint density at radius 2 is 2.33 bits per heavy atom. The van der Waals surface area contributed by atoms with Gasteiger partial charge in [-0.15, -0.1) is 0 Å². The second-order valence-corrected chi connectivity index (χ2v) is 4.41. The number of rotatable bonds is 5. The number of ether oxygens (including phenoxy) is 1. The molecule has 112 valence electrons. The van der Waals surface area contributed by atoms with E-state index in [9.17, 15) is 14.6 Å². The van der Waals surface area contributed by atoms with Gasteiger partial charge in [-0.2, -0.15) is 10.4 Å². The Kier molecular flexibility index (Phi) is 4.04. The Hall–Kier alpha value is -2.28. The second-order valence-electron chi connectivity index (χ2n) is 4.41. The topological polar surface area (TPSA) is 130 Å². The van der Waals surface area contributed by atoms with Crippen LogP contribution in [-0.2, 0) is 4.74 Å². The second kappa shape index (κ2) is 5.61. The van der Waals surface area contributed by atoms with Gasteiger partial charge < -0.3 is 20.7 Å². The minimum atomic E-state index is -2.07. The fourth-order valence-electron chi connectivity index (χ4n) is 2.01. The van der Waals surface area contributed by atoms with Crippen LogP contribution in [0.3, 0.4) is 0 Å². The number of nitrogens with zero attached hydrogens (tertiary/aromatic N) is 4. The lowest BCUT2D eigenvalue weighted by atomic mass is 9.94. The minimum Gasteiger partial charge on any atom is -0.392 e. The van der Waals surface area contributed by atoms with E-state index in [0.29, 0.717) is 5.52 Å². The first-order valence-corrected chi connectivity index (χ1v) is 5.98. The highest BCUT2D eigenvalue weighted by Gasteiger charge is 2.44. The molecule has 0 bridgehead atoms. The smallest absolute Gasteiger partial charge is 0.205 e. The largest absolute Gasteiger partial charge is 0.392 e. The van der Waals surface area contributed by atoms with Crippen LogP contribution < -0.4 is 5.73 Å². The van der Waals surface area contributed by atoms with Crippen molar-refractivity contribution in [3.8, 4) is 6.07 Å². The highest BCUT2D eigenvalue weighted by Crippen LogP contribution is 2.31. The standard InChI is InChI=1S/C12H14FN5O3/c1-21-12(4-14,5-19)10(20)9(13)7-2-3-8-11(15)16-6-17-18(7)8/h2-3,6,9-10,19-20H,5H2,1H3,(H2,15,16,17)/t9-,10-,12+/m0/s1. The summed E-state index contributed by atoms with van der Waals surface area (Å²) in [6.07, 6.45) is -2.79. The lowest BCUT2D eigenvalue weighted by molar-refractivity contribution is -0.119. The maximum absolute atomic E-state index is 14.6. The van der Waals surface area contributed by atoms with Crippen LogP contribution in [-0.4, -0.2) is 50.2 Å². The number of hydrogen-bond donors (Lipinski definition) is 3. The lowest BCUT2D eigenvalue weighted by Crippen LogP contribution is -2.48. The van der Waals surface area contributed by atoms with E-state index in [1.165, 1.54) is 16.6 Å². The first-order chi connectivity index (χ1) is 10.0. The van der Waals surface area contributed by atoms with E-state index in [0.717, 1.165) is 13.4 Å². The van der Waals surface area contributed by atoms with Gasteiger partial charge in [0.05, 0.1) is 12.3 Å². The van der Waals surface area contributed by atoms with Crippen LogP contribution >= 0.6 is 0 Å². The zero-order valence-corrected chi connectivity index (χ0v) is 11.1. The van der Waals surface area contributed by atoms with E-state index >= 15 is 0 Å². The van der Waals surface area contributed by atoms with Crippen LogP contribution in [0, 0.1) is 11.3 Å². The normalized spacial score (nSPS) is 17.1. The third-order valence-corrected chi connectivity index (χ3v) is 3.34. The molecule has 2 aromatic rings. The summed E-state index contributed by atoms with van der Waals surface area (Å²) in [5.41, 5.74) is 3.91. The summed E-state index contributed by atoms with van der Waals surface area (Å²) >= 11 is 0. The molecule has 0 saturated carbocycles. The van der Waals surface area contributed by atoms with Gasteiger partial charge in [0.25, 0.3) is 0 Å². The van der Waals surface area contributed by atoms with E-state index in [1.54, 1.807) is 6.07 Å². The van der Waals surface area contributed by atoms with Gasteiger partial charge in [-0.1, -0.05) is 0 Å². The molecule has 2 heterocycles. The van der Waals surface area contributed by atoms with Crippen LogP contribution in [0.15, 0.2) is 18.5 Å². The summed E-state index contributed by atoms with van der Waals surface area (Å²) in [6.45, 7) is -0.859. The quantitative estimate of drug-likeness (QED) is 0.683. The molecule has 0 fully saturated rings. The van der Waals surface area contributed by atoms with Crippen LogP contribution in [0.5, 0.6) is 0 Å². The van der Waals surface area contributed by atoms with Gasteiger partial charge in [0, 0.05) is 7.11 Å². The Balaban J connectivity index is 2.45. The first kappa shape index (κ1) is 15.1. The number of halogens is 1. The van der Waals surface area contributed by atoms with Crippen molar-refractivity contribution < 1.29 is 19.3 Å². The van der Waals surface area contributed by atoms with Crippen molar-refractivity contribution in [3.05, 3.63) is 24.2 Å². The maximum atomic E-state index is 14.6. The lowest BCUT2D eigenvalue weighted by Gasteiger charge is -2.30. The molecule has 2 aromatic heterocycles. The van der Waals surface area contributed by atoms with Crippen molar-refractivity contribution in [2.45, 2.75) is 17.9 Å². The third-order valence-electron chi connectivity index (χ3n) is 3.34. The van der Waals surface area contributed by atoms with E-state index < -0.39 is 24.5 Å². The highest BCUT2D eigenvalue weighted by atomic mass is 19.1. The third kappa shape index (κ3) is 2.29. The predicted molar refractivity (Wildman–Crippen MR) is 69.7 cm³/mol. The van der Waals surface area contributed by atoms with Crippen molar-refractivity contribution >= 4 is 11.3 Å². The van der Waals surface area contributed by atoms with Gasteiger partial charge in [-0.3, -0.25) is 0 Å². The van der Waals surface area contributed by atoms with E-state index in [2.05, 4.69) is 10.1 Å². The number of aliphatic hydroxyl groups excluding tert-OH is 2. The molecule has 0 aliphatic carbocycles. The van der Waals surface area contributed by atoms with E-state index in [1.807, 2.05) is 0 Å². The summed E-state index contributed by atoms with van der Waals surface area (Å²) in [5, 5.41) is 32.2. The van der Waals surface area contributed by atoms with Crippen molar-refractivity contribution in [1.29, 1.82) is 5.26 Å². The van der Waals surface area contributed by atoms with Crippen LogP contribution in [0.25, 0.3) is 5.52 Å². The Morgan fingerprint density at radius 3 is 2.90 bits per heavy atom. The molecule has 0 unspecified atom stereocenters. The Labute approximate surface area is 119 Å². The molecular formula is C12H14FN5O3. The van der Waals surface area contributed by atoms with E-state index in [4.69, 9.17) is 15.7 Å². The number of fused-ring (bicyclic) bond motifs is 1. The average molecular weight is 295 g/mol. The zero-order chi connectivity index (χ0) is 15.6. The molecule has 0 aliphatic heterocycles. The zero-order valence-electron chi connectivity index (χ0n) is 11.1. The molecular weight excluding hydrogens is 281 g/mol. The molecule has 0 aromatic carbocycles. The molecule has 0 amide bonds. The number of nitrogen functional groups attached to an aromatic ring is 1. The Bertz CT molecular complexity index is 679. The maximum Gasteiger partial charge on any atom is 0.205 e. The number of alkyl halides is 1. The summed E-state index contributed by atoms with van der Waals surface area (Å²) < 4.78 is 20.5. The number of aliphatic hydroxyl groups is 2. The average Bonchev–Trinajstić information content (AvgIpc) is 2.94. The van der Waals surface area contributed by atoms with Gasteiger partial charge in [0.2, 0.25) is 5.60 Å². The molecule has 0 saturated heterocycles. The van der Waals surface area contributed by atoms with Crippen LogP contribution in [0.2, 0.25) is 0 Å². The summed E-state index contributed by atoms with van der Waals surface area (Å²) in [6, 6.07) is 4.44. The number of methoxy groups -OCH3 is 1. The highest BCUT2D eigenvalue weighted by molar-refractivity contribution is 5.65. The van der Waals surface area contributed by atoms with Crippen molar-refractivity contribution in [2.75, 3.05) is 19.5 Å². The Morgan fingerprint density at radius 1 is 1.62 bits per heavy atom. The number of hydrogen-bond acceptors (Lipinski definition) is 7. The number of nitrogens with two attached hydrogens (primary N) is 1. The van der Waals surface area contributed by atoms with Crippen molar-refractivity contribution in [3.63, 3.8) is 0 Å². The minimum absolute atomic E-state index is 0.0308. The monoisotopic (exact) mass is 295 g/mol. The SMILES string of the molecule is CO[C@](C#N)(CO)[C@@H](O)[C@@H](F)c1ccc2c(N)ncnn12. The molecule has 0 spiro atoms. The van der Waals surface area contributed by atoms with Gasteiger partial charge in [0.15, 0.2) is 12.0 Å². The number of nitriles is 1. The summed E-state index contributed by atoms with van der Waals surface area (Å²) in [4.78, 5) is 3.77. The van der Waals surface area contributed by atoms with E-state index in [-0.39, 0.29) is 11.5 Å². The molecule has 4 N–H and O–H groups in total. The van der Waals surface area contributed by atoms with Crippen LogP contribution in [0.4, 0.5) is 10.2 Å². The predicted octanol–water partition coefficient (Wildman–Crippen LogP) is -0.416. The van der Waals surface area contributed by atoms with Gasteiger partial charge in [-0.25, -0.2) is 13.9 Å². The fraction of sp³-hybridized carbons (Fsp3) is 0.417. The van der Waals surface area contributed by atoms with Crippen molar-refractivity contribution in [1.82, 2.24) is 14.6 Å². The summed E-state index contributed by atoms with van der Waals surface area (Å²) in [5.74, 6) is 0.151. The van der Waals surface area contributed by atoms with Crippen LogP contribution in [0.1, 0.15) is 11.9 Å². The summed E-state index contributed by atoms with van der Waals surface area (Å²) in [7, 11) is 1.10.